The van der Waals surface area contributed by atoms with Gasteiger partial charge in [0.25, 0.3) is 0 Å². The normalized spacial score (nSPS) is 20.6. The SMILES string of the molecule is CCc1ccc(S(=O)(=O)N2CCOC(C)C2)cc1CNC. The van der Waals surface area contributed by atoms with E-state index in [4.69, 9.17) is 4.74 Å². The number of hydrogen-bond donors (Lipinski definition) is 1. The van der Waals surface area contributed by atoms with Gasteiger partial charge in [0, 0.05) is 19.6 Å². The van der Waals surface area contributed by atoms with Crippen LogP contribution in [0.1, 0.15) is 25.0 Å². The minimum atomic E-state index is -3.44. The Morgan fingerprint density at radius 2 is 2.14 bits per heavy atom. The van der Waals surface area contributed by atoms with E-state index in [1.165, 1.54) is 9.87 Å². The molecule has 5 nitrogen and oxygen atoms in total. The van der Waals surface area contributed by atoms with Crippen LogP contribution >= 0.6 is 0 Å². The molecule has 0 aliphatic carbocycles. The summed E-state index contributed by atoms with van der Waals surface area (Å²) in [5, 5.41) is 3.10. The van der Waals surface area contributed by atoms with E-state index in [1.807, 2.05) is 20.0 Å². The predicted octanol–water partition coefficient (Wildman–Crippen LogP) is 1.38. The number of ether oxygens (including phenoxy) is 1. The van der Waals surface area contributed by atoms with E-state index in [0.29, 0.717) is 31.1 Å². The number of nitrogens with zero attached hydrogens (tertiary/aromatic N) is 1. The van der Waals surface area contributed by atoms with Gasteiger partial charge >= 0.3 is 0 Å². The van der Waals surface area contributed by atoms with Gasteiger partial charge in [0.2, 0.25) is 10.0 Å². The molecule has 1 N–H and O–H groups in total. The third kappa shape index (κ3) is 3.63. The number of benzene rings is 1. The Bertz CT molecular complexity index is 587. The zero-order chi connectivity index (χ0) is 15.5. The summed E-state index contributed by atoms with van der Waals surface area (Å²) >= 11 is 0. The lowest BCUT2D eigenvalue weighted by atomic mass is 10.1. The molecule has 1 atom stereocenters. The summed E-state index contributed by atoms with van der Waals surface area (Å²) in [7, 11) is -1.57. The van der Waals surface area contributed by atoms with Crippen LogP contribution in [0.3, 0.4) is 0 Å². The molecular weight excluding hydrogens is 288 g/mol. The minimum Gasteiger partial charge on any atom is -0.376 e. The van der Waals surface area contributed by atoms with E-state index in [9.17, 15) is 8.42 Å². The molecule has 1 fully saturated rings. The Kier molecular flexibility index (Phi) is 5.37. The first kappa shape index (κ1) is 16.4. The molecule has 1 unspecified atom stereocenters. The highest BCUT2D eigenvalue weighted by molar-refractivity contribution is 7.89. The average Bonchev–Trinajstić information content (AvgIpc) is 2.47. The molecule has 1 heterocycles. The lowest BCUT2D eigenvalue weighted by molar-refractivity contribution is 0.0102. The Hall–Kier alpha value is -0.950. The summed E-state index contributed by atoms with van der Waals surface area (Å²) < 4.78 is 32.4. The Morgan fingerprint density at radius 1 is 1.38 bits per heavy atom. The van der Waals surface area contributed by atoms with Gasteiger partial charge in [-0.05, 0) is 43.7 Å². The van der Waals surface area contributed by atoms with Crippen molar-refractivity contribution in [3.63, 3.8) is 0 Å². The molecule has 1 aromatic carbocycles. The van der Waals surface area contributed by atoms with Crippen molar-refractivity contribution < 1.29 is 13.2 Å². The van der Waals surface area contributed by atoms with Crippen LogP contribution in [0.5, 0.6) is 0 Å². The molecule has 1 aromatic rings. The maximum atomic E-state index is 12.7. The van der Waals surface area contributed by atoms with Crippen LogP contribution in [0.4, 0.5) is 0 Å². The first-order chi connectivity index (χ1) is 9.98. The van der Waals surface area contributed by atoms with Gasteiger partial charge in [0.1, 0.15) is 0 Å². The van der Waals surface area contributed by atoms with E-state index < -0.39 is 10.0 Å². The monoisotopic (exact) mass is 312 g/mol. The second-order valence-corrected chi connectivity index (χ2v) is 7.30. The van der Waals surface area contributed by atoms with Crippen molar-refractivity contribution in [1.29, 1.82) is 0 Å². The van der Waals surface area contributed by atoms with E-state index in [2.05, 4.69) is 12.2 Å². The zero-order valence-corrected chi connectivity index (χ0v) is 13.7. The van der Waals surface area contributed by atoms with E-state index >= 15 is 0 Å². The molecule has 118 valence electrons. The number of sulfonamides is 1. The van der Waals surface area contributed by atoms with Gasteiger partial charge in [-0.2, -0.15) is 4.31 Å². The first-order valence-electron chi connectivity index (χ1n) is 7.37. The molecular formula is C15H24N2O3S. The molecule has 1 aliphatic rings. The molecule has 6 heteroatoms. The van der Waals surface area contributed by atoms with Crippen molar-refractivity contribution in [3.05, 3.63) is 29.3 Å². The maximum Gasteiger partial charge on any atom is 0.243 e. The molecule has 0 amide bonds. The van der Waals surface area contributed by atoms with Gasteiger partial charge in [-0.25, -0.2) is 8.42 Å². The standard InChI is InChI=1S/C15H24N2O3S/c1-4-13-5-6-15(9-14(13)10-16-3)21(18,19)17-7-8-20-12(2)11-17/h5-6,9,12,16H,4,7-8,10-11H2,1-3H3. The fourth-order valence-corrected chi connectivity index (χ4v) is 4.17. The minimum absolute atomic E-state index is 0.0554. The van der Waals surface area contributed by atoms with Crippen LogP contribution in [-0.4, -0.2) is 45.6 Å². The Labute approximate surface area is 127 Å². The molecule has 0 bridgehead atoms. The summed E-state index contributed by atoms with van der Waals surface area (Å²) in [6.45, 7) is 5.94. The highest BCUT2D eigenvalue weighted by Gasteiger charge is 2.29. The predicted molar refractivity (Wildman–Crippen MR) is 82.8 cm³/mol. The lowest BCUT2D eigenvalue weighted by Crippen LogP contribution is -2.44. The second kappa shape index (κ2) is 6.87. The molecule has 1 saturated heterocycles. The first-order valence-corrected chi connectivity index (χ1v) is 8.81. The topological polar surface area (TPSA) is 58.6 Å². The van der Waals surface area contributed by atoms with Crippen LogP contribution in [-0.2, 0) is 27.7 Å². The molecule has 0 aromatic heterocycles. The zero-order valence-electron chi connectivity index (χ0n) is 12.9. The number of hydrogen-bond acceptors (Lipinski definition) is 4. The average molecular weight is 312 g/mol. The van der Waals surface area contributed by atoms with Gasteiger partial charge in [0.15, 0.2) is 0 Å². The summed E-state index contributed by atoms with van der Waals surface area (Å²) in [5.41, 5.74) is 2.22. The van der Waals surface area contributed by atoms with Crippen LogP contribution in [0.25, 0.3) is 0 Å². The summed E-state index contributed by atoms with van der Waals surface area (Å²) in [6, 6.07) is 5.43. The number of nitrogens with one attached hydrogen (secondary N) is 1. The van der Waals surface area contributed by atoms with Crippen molar-refractivity contribution in [2.45, 2.75) is 37.8 Å². The number of aryl methyl sites for hydroxylation is 1. The van der Waals surface area contributed by atoms with E-state index in [-0.39, 0.29) is 6.10 Å². The molecule has 21 heavy (non-hydrogen) atoms. The molecule has 0 radical (unpaired) electrons. The van der Waals surface area contributed by atoms with Gasteiger partial charge < -0.3 is 10.1 Å². The summed E-state index contributed by atoms with van der Waals surface area (Å²) in [4.78, 5) is 0.374. The number of morpholine rings is 1. The smallest absolute Gasteiger partial charge is 0.243 e. The van der Waals surface area contributed by atoms with Gasteiger partial charge in [-0.15, -0.1) is 0 Å². The number of rotatable bonds is 5. The van der Waals surface area contributed by atoms with Crippen LogP contribution < -0.4 is 5.32 Å². The van der Waals surface area contributed by atoms with Crippen molar-refractivity contribution in [3.8, 4) is 0 Å². The van der Waals surface area contributed by atoms with Crippen LogP contribution in [0, 0.1) is 0 Å². The molecule has 2 rings (SSSR count). The quantitative estimate of drug-likeness (QED) is 0.892. The van der Waals surface area contributed by atoms with Crippen molar-refractivity contribution in [2.24, 2.45) is 0 Å². The summed E-state index contributed by atoms with van der Waals surface area (Å²) in [6.07, 6.45) is 0.839. The third-order valence-corrected chi connectivity index (χ3v) is 5.63. The molecule has 0 saturated carbocycles. The summed E-state index contributed by atoms with van der Waals surface area (Å²) in [5.74, 6) is 0. The van der Waals surface area contributed by atoms with E-state index in [0.717, 1.165) is 12.0 Å². The second-order valence-electron chi connectivity index (χ2n) is 5.36. The third-order valence-electron chi connectivity index (χ3n) is 3.77. The maximum absolute atomic E-state index is 12.7. The molecule has 1 aliphatic heterocycles. The van der Waals surface area contributed by atoms with Crippen molar-refractivity contribution in [1.82, 2.24) is 9.62 Å². The van der Waals surface area contributed by atoms with Gasteiger partial charge in [0.05, 0.1) is 17.6 Å². The molecule has 0 spiro atoms. The fraction of sp³-hybridized carbons (Fsp3) is 0.600. The van der Waals surface area contributed by atoms with Crippen LogP contribution in [0.15, 0.2) is 23.1 Å². The largest absolute Gasteiger partial charge is 0.376 e. The van der Waals surface area contributed by atoms with Crippen molar-refractivity contribution >= 4 is 10.0 Å². The lowest BCUT2D eigenvalue weighted by Gasteiger charge is -2.30. The highest BCUT2D eigenvalue weighted by Crippen LogP contribution is 2.22. The van der Waals surface area contributed by atoms with Gasteiger partial charge in [-0.3, -0.25) is 0 Å². The fourth-order valence-electron chi connectivity index (χ4n) is 2.62. The van der Waals surface area contributed by atoms with Crippen LogP contribution in [0.2, 0.25) is 0 Å². The van der Waals surface area contributed by atoms with Gasteiger partial charge in [-0.1, -0.05) is 13.0 Å². The Morgan fingerprint density at radius 3 is 2.76 bits per heavy atom. The Balaban J connectivity index is 2.33. The highest BCUT2D eigenvalue weighted by atomic mass is 32.2. The van der Waals surface area contributed by atoms with Crippen molar-refractivity contribution in [2.75, 3.05) is 26.7 Å². The van der Waals surface area contributed by atoms with E-state index in [1.54, 1.807) is 12.1 Å².